The number of nitrogens with zero attached hydrogens (tertiary/aromatic N) is 2. The molecule has 2 heterocycles. The third-order valence-corrected chi connectivity index (χ3v) is 2.13. The Hall–Kier alpha value is -0.650. The van der Waals surface area contributed by atoms with Crippen molar-refractivity contribution in [2.45, 2.75) is 26.0 Å². The van der Waals surface area contributed by atoms with Gasteiger partial charge in [-0.05, 0) is 13.8 Å². The highest BCUT2D eigenvalue weighted by molar-refractivity contribution is 5.85. The first kappa shape index (κ1) is 11.4. The van der Waals surface area contributed by atoms with Crippen molar-refractivity contribution in [1.29, 1.82) is 0 Å². The summed E-state index contributed by atoms with van der Waals surface area (Å²) in [7, 11) is 0. The van der Waals surface area contributed by atoms with Crippen molar-refractivity contribution in [3.05, 3.63) is 11.7 Å². The van der Waals surface area contributed by atoms with E-state index < -0.39 is 0 Å². The number of rotatable bonds is 1. The van der Waals surface area contributed by atoms with E-state index in [1.165, 1.54) is 0 Å². The van der Waals surface area contributed by atoms with E-state index in [-0.39, 0.29) is 24.6 Å². The molecule has 1 N–H and O–H groups in total. The minimum absolute atomic E-state index is 0. The molecular formula is C8H14ClN3O2. The van der Waals surface area contributed by atoms with Crippen molar-refractivity contribution in [3.8, 4) is 0 Å². The van der Waals surface area contributed by atoms with Crippen LogP contribution < -0.4 is 5.32 Å². The van der Waals surface area contributed by atoms with Gasteiger partial charge in [0.1, 0.15) is 6.04 Å². The van der Waals surface area contributed by atoms with Gasteiger partial charge < -0.3 is 14.6 Å². The molecule has 0 aliphatic carbocycles. The summed E-state index contributed by atoms with van der Waals surface area (Å²) in [5, 5.41) is 7.02. The average Bonchev–Trinajstić information content (AvgIpc) is 2.53. The fourth-order valence-corrected chi connectivity index (χ4v) is 1.45. The Morgan fingerprint density at radius 3 is 2.86 bits per heavy atom. The van der Waals surface area contributed by atoms with E-state index in [1.807, 2.05) is 6.92 Å². The van der Waals surface area contributed by atoms with E-state index in [0.29, 0.717) is 11.7 Å². The third-order valence-electron chi connectivity index (χ3n) is 2.13. The van der Waals surface area contributed by atoms with Gasteiger partial charge in [0.15, 0.2) is 5.82 Å². The second-order valence-electron chi connectivity index (χ2n) is 3.19. The normalized spacial score (nSPS) is 27.0. The number of nitrogens with one attached hydrogen (secondary N) is 1. The fourth-order valence-electron chi connectivity index (χ4n) is 1.45. The number of halogens is 1. The first-order valence-corrected chi connectivity index (χ1v) is 4.42. The number of hydrogen-bond donors (Lipinski definition) is 1. The van der Waals surface area contributed by atoms with Crippen molar-refractivity contribution < 1.29 is 9.26 Å². The monoisotopic (exact) mass is 219 g/mol. The molecule has 2 rings (SSSR count). The lowest BCUT2D eigenvalue weighted by atomic mass is 10.1. The van der Waals surface area contributed by atoms with Crippen LogP contribution >= 0.6 is 12.4 Å². The molecule has 0 bridgehead atoms. The lowest BCUT2D eigenvalue weighted by molar-refractivity contribution is -0.00136. The zero-order chi connectivity index (χ0) is 9.26. The first-order valence-electron chi connectivity index (χ1n) is 4.42. The van der Waals surface area contributed by atoms with Crippen LogP contribution in [-0.2, 0) is 4.74 Å². The van der Waals surface area contributed by atoms with Gasteiger partial charge in [0.25, 0.3) is 0 Å². The Bertz CT molecular complexity index is 292. The summed E-state index contributed by atoms with van der Waals surface area (Å²) in [6, 6.07) is 0.0370. The minimum Gasteiger partial charge on any atom is -0.375 e. The van der Waals surface area contributed by atoms with Crippen molar-refractivity contribution in [2.75, 3.05) is 13.2 Å². The van der Waals surface area contributed by atoms with Crippen LogP contribution in [0.3, 0.4) is 0 Å². The summed E-state index contributed by atoms with van der Waals surface area (Å²) in [6.07, 6.45) is 0.0913. The molecule has 80 valence electrons. The van der Waals surface area contributed by atoms with E-state index in [0.717, 1.165) is 13.2 Å². The number of aromatic nitrogens is 2. The summed E-state index contributed by atoms with van der Waals surface area (Å²) < 4.78 is 10.5. The van der Waals surface area contributed by atoms with Gasteiger partial charge in [-0.15, -0.1) is 12.4 Å². The molecule has 0 unspecified atom stereocenters. The van der Waals surface area contributed by atoms with Crippen molar-refractivity contribution in [1.82, 2.24) is 15.5 Å². The fraction of sp³-hybridized carbons (Fsp3) is 0.750. The van der Waals surface area contributed by atoms with Crippen LogP contribution in [0.15, 0.2) is 4.52 Å². The molecular weight excluding hydrogens is 206 g/mol. The Morgan fingerprint density at radius 2 is 2.29 bits per heavy atom. The lowest BCUT2D eigenvalue weighted by Crippen LogP contribution is -2.40. The van der Waals surface area contributed by atoms with Gasteiger partial charge in [0.05, 0.1) is 12.7 Å². The van der Waals surface area contributed by atoms with Gasteiger partial charge in [-0.25, -0.2) is 0 Å². The maximum Gasteiger partial charge on any atom is 0.246 e. The van der Waals surface area contributed by atoms with Crippen LogP contribution in [0, 0.1) is 6.92 Å². The lowest BCUT2D eigenvalue weighted by Gasteiger charge is -2.27. The van der Waals surface area contributed by atoms with Gasteiger partial charge in [-0.3, -0.25) is 0 Å². The van der Waals surface area contributed by atoms with Gasteiger partial charge in [0.2, 0.25) is 5.89 Å². The molecule has 0 radical (unpaired) electrons. The van der Waals surface area contributed by atoms with Gasteiger partial charge >= 0.3 is 0 Å². The van der Waals surface area contributed by atoms with E-state index in [2.05, 4.69) is 15.5 Å². The molecule has 0 amide bonds. The van der Waals surface area contributed by atoms with E-state index in [1.54, 1.807) is 6.92 Å². The number of aryl methyl sites for hydroxylation is 1. The molecule has 6 heteroatoms. The maximum atomic E-state index is 5.46. The SMILES string of the molecule is Cc1noc([C@H]2NCCO[C@@H]2C)n1.Cl. The van der Waals surface area contributed by atoms with E-state index >= 15 is 0 Å². The number of ether oxygens (including phenoxy) is 1. The summed E-state index contributed by atoms with van der Waals surface area (Å²) >= 11 is 0. The van der Waals surface area contributed by atoms with Gasteiger partial charge in [0, 0.05) is 6.54 Å². The van der Waals surface area contributed by atoms with Gasteiger partial charge in [-0.1, -0.05) is 5.16 Å². The summed E-state index contributed by atoms with van der Waals surface area (Å²) in [5.74, 6) is 1.28. The summed E-state index contributed by atoms with van der Waals surface area (Å²) in [5.41, 5.74) is 0. The standard InChI is InChI=1S/C8H13N3O2.ClH/c1-5-7(9-3-4-12-5)8-10-6(2)11-13-8;/h5,7,9H,3-4H2,1-2H3;1H/t5-,7+;/m1./s1. The summed E-state index contributed by atoms with van der Waals surface area (Å²) in [4.78, 5) is 4.16. The average molecular weight is 220 g/mol. The highest BCUT2D eigenvalue weighted by atomic mass is 35.5. The largest absolute Gasteiger partial charge is 0.375 e. The highest BCUT2D eigenvalue weighted by Gasteiger charge is 2.27. The van der Waals surface area contributed by atoms with Crippen LogP contribution in [-0.4, -0.2) is 29.4 Å². The van der Waals surface area contributed by atoms with E-state index in [4.69, 9.17) is 9.26 Å². The topological polar surface area (TPSA) is 60.2 Å². The van der Waals surface area contributed by atoms with Crippen LogP contribution in [0.2, 0.25) is 0 Å². The van der Waals surface area contributed by atoms with E-state index in [9.17, 15) is 0 Å². The quantitative estimate of drug-likeness (QED) is 0.759. The zero-order valence-corrected chi connectivity index (χ0v) is 9.00. The van der Waals surface area contributed by atoms with Crippen LogP contribution in [0.5, 0.6) is 0 Å². The molecule has 1 fully saturated rings. The predicted octanol–water partition coefficient (Wildman–Crippen LogP) is 0.849. The molecule has 1 aromatic rings. The molecule has 1 aromatic heterocycles. The second-order valence-corrected chi connectivity index (χ2v) is 3.19. The first-order chi connectivity index (χ1) is 6.27. The summed E-state index contributed by atoms with van der Waals surface area (Å²) in [6.45, 7) is 5.37. The molecule has 5 nitrogen and oxygen atoms in total. The third kappa shape index (κ3) is 2.23. The Labute approximate surface area is 88.6 Å². The Kier molecular flexibility index (Phi) is 3.86. The van der Waals surface area contributed by atoms with Crippen LogP contribution in [0.4, 0.5) is 0 Å². The minimum atomic E-state index is 0. The Balaban J connectivity index is 0.000000980. The molecule has 1 aliphatic rings. The Morgan fingerprint density at radius 1 is 1.50 bits per heavy atom. The van der Waals surface area contributed by atoms with Gasteiger partial charge in [-0.2, -0.15) is 4.98 Å². The molecule has 1 saturated heterocycles. The number of hydrogen-bond acceptors (Lipinski definition) is 5. The molecule has 0 saturated carbocycles. The second kappa shape index (κ2) is 4.72. The smallest absolute Gasteiger partial charge is 0.246 e. The predicted molar refractivity (Wildman–Crippen MR) is 52.4 cm³/mol. The van der Waals surface area contributed by atoms with Crippen molar-refractivity contribution in [2.24, 2.45) is 0 Å². The molecule has 0 aromatic carbocycles. The molecule has 14 heavy (non-hydrogen) atoms. The van der Waals surface area contributed by atoms with Crippen LogP contribution in [0.25, 0.3) is 0 Å². The highest BCUT2D eigenvalue weighted by Crippen LogP contribution is 2.19. The zero-order valence-electron chi connectivity index (χ0n) is 8.19. The maximum absolute atomic E-state index is 5.46. The number of morpholine rings is 1. The molecule has 0 spiro atoms. The van der Waals surface area contributed by atoms with Crippen molar-refractivity contribution >= 4 is 12.4 Å². The molecule has 2 atom stereocenters. The van der Waals surface area contributed by atoms with Crippen molar-refractivity contribution in [3.63, 3.8) is 0 Å². The van der Waals surface area contributed by atoms with Crippen LogP contribution in [0.1, 0.15) is 24.7 Å². The molecule has 1 aliphatic heterocycles.